The number of nitrogens with two attached hydrogens (primary N) is 1. The minimum Gasteiger partial charge on any atom is -0.436 e. The van der Waals surface area contributed by atoms with Gasteiger partial charge in [0.2, 0.25) is 15.8 Å². The Hall–Kier alpha value is -2.19. The molecule has 1 aromatic heterocycles. The van der Waals surface area contributed by atoms with Crippen LogP contribution >= 0.6 is 0 Å². The van der Waals surface area contributed by atoms with E-state index in [0.717, 1.165) is 0 Å². The maximum Gasteiger partial charge on any atom is 0.293 e. The smallest absolute Gasteiger partial charge is 0.293 e. The predicted molar refractivity (Wildman–Crippen MR) is 76.5 cm³/mol. The average Bonchev–Trinajstić information content (AvgIpc) is 2.67. The lowest BCUT2D eigenvalue weighted by molar-refractivity contribution is 0.0994. The Morgan fingerprint density at radius 1 is 1.29 bits per heavy atom. The summed E-state index contributed by atoms with van der Waals surface area (Å²) in [5.41, 5.74) is 1.38. The molecule has 1 amide bonds. The summed E-state index contributed by atoms with van der Waals surface area (Å²) in [6.45, 7) is 4.91. The number of anilines is 1. The van der Waals surface area contributed by atoms with Crippen LogP contribution in [0.4, 0.5) is 5.69 Å². The van der Waals surface area contributed by atoms with Gasteiger partial charge in [-0.3, -0.25) is 4.79 Å². The molecular formula is C13H15N3O4S. The number of sulfonamides is 1. The van der Waals surface area contributed by atoms with E-state index < -0.39 is 15.9 Å². The molecule has 0 bridgehead atoms. The van der Waals surface area contributed by atoms with Crippen LogP contribution in [-0.4, -0.2) is 19.3 Å². The maximum absolute atomic E-state index is 12.1. The third-order valence-corrected chi connectivity index (χ3v) is 3.92. The Kier molecular flexibility index (Phi) is 3.84. The number of nitrogens with zero attached hydrogens (tertiary/aromatic N) is 1. The molecule has 1 aromatic carbocycles. The quantitative estimate of drug-likeness (QED) is 0.891. The van der Waals surface area contributed by atoms with Gasteiger partial charge >= 0.3 is 0 Å². The number of rotatable bonds is 3. The van der Waals surface area contributed by atoms with Gasteiger partial charge in [-0.15, -0.1) is 0 Å². The third kappa shape index (κ3) is 3.29. The van der Waals surface area contributed by atoms with Crippen LogP contribution in [0.2, 0.25) is 0 Å². The van der Waals surface area contributed by atoms with E-state index in [1.54, 1.807) is 20.8 Å². The van der Waals surface area contributed by atoms with Crippen LogP contribution < -0.4 is 10.5 Å². The van der Waals surface area contributed by atoms with Crippen molar-refractivity contribution in [3.05, 3.63) is 41.1 Å². The molecule has 3 N–H and O–H groups in total. The van der Waals surface area contributed by atoms with Crippen LogP contribution in [0.3, 0.4) is 0 Å². The van der Waals surface area contributed by atoms with E-state index in [1.807, 2.05) is 0 Å². The second kappa shape index (κ2) is 5.30. The molecule has 2 rings (SSSR count). The van der Waals surface area contributed by atoms with Gasteiger partial charge in [0.15, 0.2) is 5.89 Å². The fraction of sp³-hybridized carbons (Fsp3) is 0.231. The van der Waals surface area contributed by atoms with Crippen LogP contribution in [-0.2, 0) is 10.0 Å². The van der Waals surface area contributed by atoms with E-state index >= 15 is 0 Å². The van der Waals surface area contributed by atoms with Crippen molar-refractivity contribution in [2.75, 3.05) is 5.32 Å². The molecule has 21 heavy (non-hydrogen) atoms. The number of nitrogens with one attached hydrogen (secondary N) is 1. The first-order valence-corrected chi connectivity index (χ1v) is 7.62. The van der Waals surface area contributed by atoms with Crippen molar-refractivity contribution in [2.45, 2.75) is 25.7 Å². The summed E-state index contributed by atoms with van der Waals surface area (Å²) in [5, 5.41) is 7.71. The molecule has 112 valence electrons. The first-order chi connectivity index (χ1) is 9.68. The van der Waals surface area contributed by atoms with Crippen molar-refractivity contribution in [3.63, 3.8) is 0 Å². The molecule has 0 unspecified atom stereocenters. The standard InChI is InChI=1S/C13H15N3O4S/c1-7-6-10(4-5-11(7)21(14,18)19)16-13(17)12-8(2)15-9(3)20-12/h4-6H,1-3H3,(H,16,17)(H2,14,18,19). The number of carbonyl (C=O) groups excluding carboxylic acids is 1. The summed E-state index contributed by atoms with van der Waals surface area (Å²) < 4.78 is 27.9. The Balaban J connectivity index is 2.27. The number of hydrogen-bond acceptors (Lipinski definition) is 5. The van der Waals surface area contributed by atoms with Gasteiger partial charge in [0.1, 0.15) is 0 Å². The van der Waals surface area contributed by atoms with Crippen LogP contribution in [0.5, 0.6) is 0 Å². The predicted octanol–water partition coefficient (Wildman–Crippen LogP) is 1.50. The van der Waals surface area contributed by atoms with Crippen molar-refractivity contribution in [1.82, 2.24) is 4.98 Å². The highest BCUT2D eigenvalue weighted by Crippen LogP contribution is 2.20. The zero-order valence-corrected chi connectivity index (χ0v) is 12.6. The van der Waals surface area contributed by atoms with Gasteiger partial charge in [0, 0.05) is 12.6 Å². The molecule has 0 aliphatic rings. The van der Waals surface area contributed by atoms with Gasteiger partial charge in [-0.25, -0.2) is 18.5 Å². The van der Waals surface area contributed by atoms with E-state index in [1.165, 1.54) is 18.2 Å². The van der Waals surface area contributed by atoms with E-state index in [0.29, 0.717) is 22.8 Å². The Labute approximate surface area is 122 Å². The topological polar surface area (TPSA) is 115 Å². The van der Waals surface area contributed by atoms with Crippen molar-refractivity contribution in [2.24, 2.45) is 5.14 Å². The van der Waals surface area contributed by atoms with Gasteiger partial charge in [-0.05, 0) is 37.6 Å². The van der Waals surface area contributed by atoms with Crippen LogP contribution in [0.25, 0.3) is 0 Å². The van der Waals surface area contributed by atoms with Crippen molar-refractivity contribution in [1.29, 1.82) is 0 Å². The molecule has 0 spiro atoms. The Morgan fingerprint density at radius 2 is 1.95 bits per heavy atom. The second-order valence-electron chi connectivity index (χ2n) is 4.63. The molecule has 0 fully saturated rings. The molecule has 0 aliphatic heterocycles. The molecule has 1 heterocycles. The average molecular weight is 309 g/mol. The molecule has 0 saturated heterocycles. The molecule has 0 aliphatic carbocycles. The van der Waals surface area contributed by atoms with Crippen LogP contribution in [0.1, 0.15) is 27.7 Å². The summed E-state index contributed by atoms with van der Waals surface area (Å²) in [5.74, 6) is 0.0786. The first-order valence-electron chi connectivity index (χ1n) is 6.07. The van der Waals surface area contributed by atoms with Crippen LogP contribution in [0, 0.1) is 20.8 Å². The van der Waals surface area contributed by atoms with Crippen molar-refractivity contribution >= 4 is 21.6 Å². The number of oxazole rings is 1. The minimum absolute atomic E-state index is 0.0205. The zero-order valence-electron chi connectivity index (χ0n) is 11.8. The molecule has 0 atom stereocenters. The van der Waals surface area contributed by atoms with E-state index in [2.05, 4.69) is 10.3 Å². The minimum atomic E-state index is -3.78. The highest BCUT2D eigenvalue weighted by Gasteiger charge is 2.17. The number of aryl methyl sites for hydroxylation is 3. The molecular weight excluding hydrogens is 294 g/mol. The first kappa shape index (κ1) is 15.2. The molecule has 8 heteroatoms. The fourth-order valence-corrected chi connectivity index (χ4v) is 2.74. The molecule has 0 saturated carbocycles. The van der Waals surface area contributed by atoms with Gasteiger partial charge < -0.3 is 9.73 Å². The van der Waals surface area contributed by atoms with Gasteiger partial charge in [0.25, 0.3) is 5.91 Å². The van der Waals surface area contributed by atoms with Gasteiger partial charge in [-0.2, -0.15) is 0 Å². The summed E-state index contributed by atoms with van der Waals surface area (Å²) in [7, 11) is -3.78. The number of primary sulfonamides is 1. The number of hydrogen-bond donors (Lipinski definition) is 2. The Bertz CT molecular complexity index is 809. The summed E-state index contributed by atoms with van der Waals surface area (Å²) >= 11 is 0. The van der Waals surface area contributed by atoms with E-state index in [9.17, 15) is 13.2 Å². The summed E-state index contributed by atoms with van der Waals surface area (Å²) in [6.07, 6.45) is 0. The second-order valence-corrected chi connectivity index (χ2v) is 6.16. The van der Waals surface area contributed by atoms with Crippen molar-refractivity contribution < 1.29 is 17.6 Å². The lowest BCUT2D eigenvalue weighted by Gasteiger charge is -2.07. The van der Waals surface area contributed by atoms with E-state index in [4.69, 9.17) is 9.56 Å². The number of benzene rings is 1. The number of amides is 1. The largest absolute Gasteiger partial charge is 0.436 e. The summed E-state index contributed by atoms with van der Waals surface area (Å²) in [4.78, 5) is 16.1. The lowest BCUT2D eigenvalue weighted by Crippen LogP contribution is -2.15. The number of carbonyl (C=O) groups is 1. The molecule has 7 nitrogen and oxygen atoms in total. The zero-order chi connectivity index (χ0) is 15.8. The normalized spacial score (nSPS) is 11.4. The SMILES string of the molecule is Cc1nc(C)c(C(=O)Nc2ccc(S(N)(=O)=O)c(C)c2)o1. The van der Waals surface area contributed by atoms with Gasteiger partial charge in [0.05, 0.1) is 10.6 Å². The van der Waals surface area contributed by atoms with E-state index in [-0.39, 0.29) is 10.7 Å². The highest BCUT2D eigenvalue weighted by atomic mass is 32.2. The highest BCUT2D eigenvalue weighted by molar-refractivity contribution is 7.89. The summed E-state index contributed by atoms with van der Waals surface area (Å²) in [6, 6.07) is 4.33. The fourth-order valence-electron chi connectivity index (χ4n) is 1.98. The Morgan fingerprint density at radius 3 is 2.43 bits per heavy atom. The molecule has 2 aromatic rings. The van der Waals surface area contributed by atoms with Crippen molar-refractivity contribution in [3.8, 4) is 0 Å². The lowest BCUT2D eigenvalue weighted by atomic mass is 10.2. The molecule has 0 radical (unpaired) electrons. The van der Waals surface area contributed by atoms with Gasteiger partial charge in [-0.1, -0.05) is 0 Å². The maximum atomic E-state index is 12.1. The number of aromatic nitrogens is 1. The monoisotopic (exact) mass is 309 g/mol. The van der Waals surface area contributed by atoms with Crippen LogP contribution in [0.15, 0.2) is 27.5 Å². The third-order valence-electron chi connectivity index (χ3n) is 2.85.